The van der Waals surface area contributed by atoms with Crippen LogP contribution in [0.4, 0.5) is 5.69 Å². The van der Waals surface area contributed by atoms with E-state index in [9.17, 15) is 10.1 Å². The molecule has 0 fully saturated rings. The number of halogens is 3. The van der Waals surface area contributed by atoms with Gasteiger partial charge in [-0.2, -0.15) is 5.26 Å². The van der Waals surface area contributed by atoms with Gasteiger partial charge in [-0.1, -0.05) is 59.6 Å². The largest absolute Gasteiger partial charge is 0.490 e. The second-order valence-electron chi connectivity index (χ2n) is 8.71. The highest BCUT2D eigenvalue weighted by Gasteiger charge is 2.15. The summed E-state index contributed by atoms with van der Waals surface area (Å²) in [7, 11) is 0. The number of rotatable bonds is 11. The van der Waals surface area contributed by atoms with Crippen LogP contribution >= 0.6 is 45.8 Å². The van der Waals surface area contributed by atoms with Gasteiger partial charge in [-0.05, 0) is 95.2 Å². The van der Waals surface area contributed by atoms with E-state index in [0.29, 0.717) is 51.8 Å². The summed E-state index contributed by atoms with van der Waals surface area (Å²) in [6.07, 6.45) is 1.52. The van der Waals surface area contributed by atoms with E-state index in [1.165, 1.54) is 6.08 Å². The Morgan fingerprint density at radius 1 is 0.951 bits per heavy atom. The van der Waals surface area contributed by atoms with Crippen LogP contribution in [-0.2, 0) is 18.0 Å². The van der Waals surface area contributed by atoms with Gasteiger partial charge in [0.15, 0.2) is 11.5 Å². The quantitative estimate of drug-likeness (QED) is 0.0963. The van der Waals surface area contributed by atoms with Crippen LogP contribution in [0.2, 0.25) is 10.0 Å². The van der Waals surface area contributed by atoms with E-state index in [2.05, 4.69) is 27.9 Å². The van der Waals surface area contributed by atoms with E-state index in [-0.39, 0.29) is 12.2 Å². The van der Waals surface area contributed by atoms with Crippen LogP contribution in [0.25, 0.3) is 6.08 Å². The van der Waals surface area contributed by atoms with E-state index in [4.69, 9.17) is 37.4 Å². The van der Waals surface area contributed by atoms with Crippen LogP contribution in [0.1, 0.15) is 23.6 Å². The zero-order chi connectivity index (χ0) is 29.2. The number of nitrogens with zero attached hydrogens (tertiary/aromatic N) is 1. The minimum Gasteiger partial charge on any atom is -0.490 e. The molecule has 6 nitrogen and oxygen atoms in total. The Hall–Kier alpha value is -3.71. The summed E-state index contributed by atoms with van der Waals surface area (Å²) in [6, 6.07) is 27.5. The number of benzene rings is 4. The summed E-state index contributed by atoms with van der Waals surface area (Å²) in [6.45, 7) is 2.97. The molecule has 9 heteroatoms. The van der Waals surface area contributed by atoms with Crippen molar-refractivity contribution in [3.63, 3.8) is 0 Å². The fraction of sp³-hybridized carbons (Fsp3) is 0.125. The summed E-state index contributed by atoms with van der Waals surface area (Å²) in [5, 5.41) is 13.6. The first-order valence-electron chi connectivity index (χ1n) is 12.6. The summed E-state index contributed by atoms with van der Waals surface area (Å²) in [5.41, 5.74) is 2.93. The smallest absolute Gasteiger partial charge is 0.266 e. The van der Waals surface area contributed by atoms with Crippen LogP contribution in [0.5, 0.6) is 17.2 Å². The predicted octanol–water partition coefficient (Wildman–Crippen LogP) is 8.70. The van der Waals surface area contributed by atoms with E-state index in [1.54, 1.807) is 48.5 Å². The normalized spacial score (nSPS) is 11.0. The molecule has 0 saturated carbocycles. The SMILES string of the molecule is CCOc1cc(/C=C(\C#N)C(=O)Nc2ccc(OCc3ccc(Cl)cc3Cl)cc2)cc(I)c1OCc1ccccc1. The Kier molecular flexibility index (Phi) is 10.9. The van der Waals surface area contributed by atoms with Crippen molar-refractivity contribution in [2.45, 2.75) is 20.1 Å². The molecule has 0 unspecified atom stereocenters. The highest BCUT2D eigenvalue weighted by Crippen LogP contribution is 2.35. The first-order chi connectivity index (χ1) is 19.9. The lowest BCUT2D eigenvalue weighted by Crippen LogP contribution is -2.13. The second kappa shape index (κ2) is 14.8. The molecule has 0 spiro atoms. The molecule has 4 aromatic carbocycles. The number of carbonyl (C=O) groups excluding carboxylic acids is 1. The molecular formula is C32H25Cl2IN2O4. The third-order valence-corrected chi connectivity index (χ3v) is 7.14. The lowest BCUT2D eigenvalue weighted by molar-refractivity contribution is -0.112. The topological polar surface area (TPSA) is 80.6 Å². The van der Waals surface area contributed by atoms with Crippen LogP contribution < -0.4 is 19.5 Å². The number of hydrogen-bond acceptors (Lipinski definition) is 5. The van der Waals surface area contributed by atoms with Crippen molar-refractivity contribution in [3.8, 4) is 23.3 Å². The van der Waals surface area contributed by atoms with Gasteiger partial charge in [0.05, 0.1) is 10.2 Å². The minimum atomic E-state index is -0.536. The molecule has 0 aliphatic rings. The highest BCUT2D eigenvalue weighted by atomic mass is 127. The monoisotopic (exact) mass is 698 g/mol. The summed E-state index contributed by atoms with van der Waals surface area (Å²) in [5.74, 6) is 1.20. The number of hydrogen-bond donors (Lipinski definition) is 1. The number of amides is 1. The van der Waals surface area contributed by atoms with Gasteiger partial charge in [-0.15, -0.1) is 0 Å². The first-order valence-corrected chi connectivity index (χ1v) is 14.4. The van der Waals surface area contributed by atoms with Gasteiger partial charge in [0.1, 0.15) is 30.6 Å². The van der Waals surface area contributed by atoms with Gasteiger partial charge >= 0.3 is 0 Å². The molecule has 41 heavy (non-hydrogen) atoms. The van der Waals surface area contributed by atoms with Crippen LogP contribution in [-0.4, -0.2) is 12.5 Å². The average Bonchev–Trinajstić information content (AvgIpc) is 2.96. The fourth-order valence-corrected chi connectivity index (χ4v) is 5.00. The number of nitriles is 1. The summed E-state index contributed by atoms with van der Waals surface area (Å²) < 4.78 is 18.5. The fourth-order valence-electron chi connectivity index (χ4n) is 3.75. The van der Waals surface area contributed by atoms with Crippen molar-refractivity contribution in [1.29, 1.82) is 5.26 Å². The van der Waals surface area contributed by atoms with Crippen molar-refractivity contribution in [1.82, 2.24) is 0 Å². The molecule has 0 aromatic heterocycles. The second-order valence-corrected chi connectivity index (χ2v) is 10.7. The Labute approximate surface area is 262 Å². The molecule has 4 aromatic rings. The first kappa shape index (κ1) is 30.3. The molecule has 0 aliphatic heterocycles. The predicted molar refractivity (Wildman–Crippen MR) is 171 cm³/mol. The molecule has 208 valence electrons. The standard InChI is InChI=1S/C32H25Cl2IN2O4/c1-2-39-30-16-22(15-29(35)31(30)41-19-21-6-4-3-5-7-21)14-24(18-36)32(38)37-26-10-12-27(13-11-26)40-20-23-8-9-25(33)17-28(23)34/h3-17H,2,19-20H2,1H3,(H,37,38)/b24-14+. The number of ether oxygens (including phenoxy) is 3. The zero-order valence-electron chi connectivity index (χ0n) is 22.0. The van der Waals surface area contributed by atoms with Crippen molar-refractivity contribution in [2.75, 3.05) is 11.9 Å². The Morgan fingerprint density at radius 3 is 2.39 bits per heavy atom. The molecule has 1 N–H and O–H groups in total. The molecule has 1 amide bonds. The highest BCUT2D eigenvalue weighted by molar-refractivity contribution is 14.1. The van der Waals surface area contributed by atoms with Gasteiger partial charge in [-0.25, -0.2) is 0 Å². The van der Waals surface area contributed by atoms with Crippen LogP contribution in [0.3, 0.4) is 0 Å². The van der Waals surface area contributed by atoms with E-state index < -0.39 is 5.91 Å². The third kappa shape index (κ3) is 8.64. The van der Waals surface area contributed by atoms with Crippen molar-refractivity contribution >= 4 is 63.5 Å². The van der Waals surface area contributed by atoms with Gasteiger partial charge < -0.3 is 19.5 Å². The number of anilines is 1. The van der Waals surface area contributed by atoms with Crippen molar-refractivity contribution < 1.29 is 19.0 Å². The average molecular weight is 699 g/mol. The van der Waals surface area contributed by atoms with E-state index >= 15 is 0 Å². The van der Waals surface area contributed by atoms with Crippen LogP contribution in [0, 0.1) is 14.9 Å². The maximum Gasteiger partial charge on any atom is 0.266 e. The molecule has 0 heterocycles. The Balaban J connectivity index is 1.43. The molecule has 0 bridgehead atoms. The lowest BCUT2D eigenvalue weighted by atomic mass is 10.1. The third-order valence-electron chi connectivity index (χ3n) is 5.76. The molecule has 0 atom stereocenters. The molecule has 0 aliphatic carbocycles. The van der Waals surface area contributed by atoms with Gasteiger partial charge in [0.25, 0.3) is 5.91 Å². The zero-order valence-corrected chi connectivity index (χ0v) is 25.7. The molecular weight excluding hydrogens is 674 g/mol. The van der Waals surface area contributed by atoms with Crippen molar-refractivity contribution in [2.24, 2.45) is 0 Å². The molecule has 0 radical (unpaired) electrons. The maximum absolute atomic E-state index is 12.9. The van der Waals surface area contributed by atoms with Gasteiger partial charge in [0.2, 0.25) is 0 Å². The van der Waals surface area contributed by atoms with Crippen molar-refractivity contribution in [3.05, 3.63) is 121 Å². The van der Waals surface area contributed by atoms with Gasteiger partial charge in [-0.3, -0.25) is 4.79 Å². The summed E-state index contributed by atoms with van der Waals surface area (Å²) in [4.78, 5) is 12.9. The number of carbonyl (C=O) groups is 1. The van der Waals surface area contributed by atoms with Crippen LogP contribution in [0.15, 0.2) is 90.5 Å². The van der Waals surface area contributed by atoms with E-state index in [0.717, 1.165) is 14.7 Å². The number of nitrogens with one attached hydrogen (secondary N) is 1. The summed E-state index contributed by atoms with van der Waals surface area (Å²) >= 11 is 14.3. The Bertz CT molecular complexity index is 1590. The van der Waals surface area contributed by atoms with E-state index in [1.807, 2.05) is 49.4 Å². The van der Waals surface area contributed by atoms with Gasteiger partial charge in [0, 0.05) is 21.3 Å². The lowest BCUT2D eigenvalue weighted by Gasteiger charge is -2.15. The minimum absolute atomic E-state index is 0.0566. The Morgan fingerprint density at radius 2 is 1.71 bits per heavy atom. The molecule has 0 saturated heterocycles. The maximum atomic E-state index is 12.9. The molecule has 4 rings (SSSR count).